The van der Waals surface area contributed by atoms with Crippen molar-refractivity contribution in [2.75, 3.05) is 7.11 Å². The van der Waals surface area contributed by atoms with Crippen molar-refractivity contribution in [3.63, 3.8) is 0 Å². The summed E-state index contributed by atoms with van der Waals surface area (Å²) in [5.74, 6) is 2.01. The number of benzene rings is 1. The zero-order valence-electron chi connectivity index (χ0n) is 10.4. The Morgan fingerprint density at radius 3 is 2.76 bits per heavy atom. The maximum absolute atomic E-state index is 6.37. The molecule has 1 aliphatic carbocycles. The van der Waals surface area contributed by atoms with Gasteiger partial charge in [0.25, 0.3) is 0 Å². The molecular formula is C14H20ClNO. The first-order valence-electron chi connectivity index (χ1n) is 6.22. The Bertz CT molecular complexity index is 394. The molecule has 0 spiro atoms. The standard InChI is InChI=1S/C14H20ClNO/c1-9-4-3-5-11(9)14(16)10-6-7-12(15)13(8-10)17-2/h6-9,11,14H,3-5,16H2,1-2H3. The molecule has 0 heterocycles. The van der Waals surface area contributed by atoms with Crippen LogP contribution in [0, 0.1) is 11.8 Å². The van der Waals surface area contributed by atoms with Crippen LogP contribution < -0.4 is 10.5 Å². The number of halogens is 1. The van der Waals surface area contributed by atoms with Gasteiger partial charge in [-0.3, -0.25) is 0 Å². The first-order valence-corrected chi connectivity index (χ1v) is 6.60. The van der Waals surface area contributed by atoms with Crippen LogP contribution >= 0.6 is 11.6 Å². The van der Waals surface area contributed by atoms with Crippen molar-refractivity contribution in [1.29, 1.82) is 0 Å². The van der Waals surface area contributed by atoms with Gasteiger partial charge >= 0.3 is 0 Å². The van der Waals surface area contributed by atoms with Crippen LogP contribution in [0.2, 0.25) is 5.02 Å². The van der Waals surface area contributed by atoms with Crippen molar-refractivity contribution in [3.05, 3.63) is 28.8 Å². The smallest absolute Gasteiger partial charge is 0.137 e. The van der Waals surface area contributed by atoms with E-state index in [0.29, 0.717) is 22.6 Å². The predicted molar refractivity (Wildman–Crippen MR) is 71.4 cm³/mol. The summed E-state index contributed by atoms with van der Waals surface area (Å²) in [6, 6.07) is 5.95. The molecule has 0 radical (unpaired) electrons. The average Bonchev–Trinajstić information content (AvgIpc) is 2.75. The van der Waals surface area contributed by atoms with Crippen LogP contribution in [0.15, 0.2) is 18.2 Å². The van der Waals surface area contributed by atoms with Crippen LogP contribution in [0.5, 0.6) is 5.75 Å². The Morgan fingerprint density at radius 1 is 1.41 bits per heavy atom. The molecule has 2 rings (SSSR count). The van der Waals surface area contributed by atoms with Gasteiger partial charge in [-0.25, -0.2) is 0 Å². The van der Waals surface area contributed by atoms with Gasteiger partial charge in [-0.1, -0.05) is 37.4 Å². The summed E-state index contributed by atoms with van der Waals surface area (Å²) in [6.45, 7) is 2.30. The minimum Gasteiger partial charge on any atom is -0.495 e. The lowest BCUT2D eigenvalue weighted by Gasteiger charge is -2.24. The van der Waals surface area contributed by atoms with Gasteiger partial charge in [-0.05, 0) is 36.0 Å². The minimum absolute atomic E-state index is 0.0960. The fraction of sp³-hybridized carbons (Fsp3) is 0.571. The monoisotopic (exact) mass is 253 g/mol. The van der Waals surface area contributed by atoms with Crippen LogP contribution in [0.3, 0.4) is 0 Å². The molecule has 2 nitrogen and oxygen atoms in total. The molecule has 94 valence electrons. The third-order valence-corrected chi connectivity index (χ3v) is 4.26. The first kappa shape index (κ1) is 12.7. The van der Waals surface area contributed by atoms with E-state index in [-0.39, 0.29) is 6.04 Å². The summed E-state index contributed by atoms with van der Waals surface area (Å²) in [7, 11) is 1.63. The Labute approximate surface area is 108 Å². The van der Waals surface area contributed by atoms with E-state index in [1.165, 1.54) is 19.3 Å². The second kappa shape index (κ2) is 5.28. The van der Waals surface area contributed by atoms with E-state index in [9.17, 15) is 0 Å². The van der Waals surface area contributed by atoms with Gasteiger partial charge in [0.1, 0.15) is 5.75 Å². The molecule has 17 heavy (non-hydrogen) atoms. The maximum Gasteiger partial charge on any atom is 0.137 e. The number of hydrogen-bond acceptors (Lipinski definition) is 2. The molecule has 3 atom stereocenters. The van der Waals surface area contributed by atoms with Gasteiger partial charge in [0, 0.05) is 6.04 Å². The molecule has 1 aromatic rings. The second-order valence-corrected chi connectivity index (χ2v) is 5.40. The molecule has 0 aliphatic heterocycles. The molecule has 0 bridgehead atoms. The Morgan fingerprint density at radius 2 is 2.18 bits per heavy atom. The molecule has 0 aromatic heterocycles. The van der Waals surface area contributed by atoms with Crippen molar-refractivity contribution >= 4 is 11.6 Å². The van der Waals surface area contributed by atoms with E-state index < -0.39 is 0 Å². The number of rotatable bonds is 3. The molecule has 1 saturated carbocycles. The molecule has 3 heteroatoms. The Balaban J connectivity index is 2.21. The lowest BCUT2D eigenvalue weighted by atomic mass is 9.86. The van der Waals surface area contributed by atoms with E-state index in [2.05, 4.69) is 6.92 Å². The summed E-state index contributed by atoms with van der Waals surface area (Å²) in [5, 5.41) is 0.642. The summed E-state index contributed by atoms with van der Waals surface area (Å²) >= 11 is 6.02. The average molecular weight is 254 g/mol. The van der Waals surface area contributed by atoms with E-state index in [0.717, 1.165) is 5.56 Å². The zero-order valence-corrected chi connectivity index (χ0v) is 11.2. The van der Waals surface area contributed by atoms with Crippen LogP contribution in [0.1, 0.15) is 37.8 Å². The molecule has 0 saturated heterocycles. The van der Waals surface area contributed by atoms with E-state index in [4.69, 9.17) is 22.1 Å². The molecule has 0 amide bonds. The molecule has 2 N–H and O–H groups in total. The molecular weight excluding hydrogens is 234 g/mol. The van der Waals surface area contributed by atoms with Gasteiger partial charge in [-0.2, -0.15) is 0 Å². The van der Waals surface area contributed by atoms with Gasteiger partial charge in [-0.15, -0.1) is 0 Å². The summed E-state index contributed by atoms with van der Waals surface area (Å²) in [5.41, 5.74) is 7.50. The lowest BCUT2D eigenvalue weighted by Crippen LogP contribution is -2.23. The topological polar surface area (TPSA) is 35.2 Å². The quantitative estimate of drug-likeness (QED) is 0.890. The normalized spacial score (nSPS) is 25.9. The fourth-order valence-electron chi connectivity index (χ4n) is 2.84. The highest BCUT2D eigenvalue weighted by Crippen LogP contribution is 2.40. The van der Waals surface area contributed by atoms with Crippen molar-refractivity contribution < 1.29 is 4.74 Å². The summed E-state index contributed by atoms with van der Waals surface area (Å²) < 4.78 is 5.24. The van der Waals surface area contributed by atoms with Crippen LogP contribution in [-0.2, 0) is 0 Å². The Kier molecular flexibility index (Phi) is 3.95. The van der Waals surface area contributed by atoms with Gasteiger partial charge in [0.05, 0.1) is 12.1 Å². The Hall–Kier alpha value is -0.730. The molecule has 1 fully saturated rings. The largest absolute Gasteiger partial charge is 0.495 e. The number of methoxy groups -OCH3 is 1. The van der Waals surface area contributed by atoms with Crippen LogP contribution in [-0.4, -0.2) is 7.11 Å². The molecule has 1 aliphatic rings. The van der Waals surface area contributed by atoms with Gasteiger partial charge < -0.3 is 10.5 Å². The van der Waals surface area contributed by atoms with Crippen LogP contribution in [0.25, 0.3) is 0 Å². The van der Waals surface area contributed by atoms with E-state index >= 15 is 0 Å². The highest BCUT2D eigenvalue weighted by Gasteiger charge is 2.29. The fourth-order valence-corrected chi connectivity index (χ4v) is 3.03. The maximum atomic E-state index is 6.37. The van der Waals surface area contributed by atoms with E-state index in [1.807, 2.05) is 18.2 Å². The van der Waals surface area contributed by atoms with Gasteiger partial charge in [0.2, 0.25) is 0 Å². The predicted octanol–water partition coefficient (Wildman–Crippen LogP) is 3.78. The molecule has 3 unspecified atom stereocenters. The first-order chi connectivity index (χ1) is 8.13. The van der Waals surface area contributed by atoms with Gasteiger partial charge in [0.15, 0.2) is 0 Å². The third kappa shape index (κ3) is 2.58. The lowest BCUT2D eigenvalue weighted by molar-refractivity contribution is 0.349. The third-order valence-electron chi connectivity index (χ3n) is 3.95. The highest BCUT2D eigenvalue weighted by molar-refractivity contribution is 6.32. The summed E-state index contributed by atoms with van der Waals surface area (Å²) in [6.07, 6.45) is 3.82. The second-order valence-electron chi connectivity index (χ2n) is 4.99. The van der Waals surface area contributed by atoms with Crippen molar-refractivity contribution in [2.45, 2.75) is 32.2 Å². The summed E-state index contributed by atoms with van der Waals surface area (Å²) in [4.78, 5) is 0. The van der Waals surface area contributed by atoms with Crippen LogP contribution in [0.4, 0.5) is 0 Å². The van der Waals surface area contributed by atoms with Crippen molar-refractivity contribution in [2.24, 2.45) is 17.6 Å². The SMILES string of the molecule is COc1cc(C(N)C2CCCC2C)ccc1Cl. The molecule has 1 aromatic carbocycles. The highest BCUT2D eigenvalue weighted by atomic mass is 35.5. The number of hydrogen-bond donors (Lipinski definition) is 1. The minimum atomic E-state index is 0.0960. The van der Waals surface area contributed by atoms with Crippen molar-refractivity contribution in [3.8, 4) is 5.75 Å². The van der Waals surface area contributed by atoms with Crippen molar-refractivity contribution in [1.82, 2.24) is 0 Å². The number of nitrogens with two attached hydrogens (primary N) is 1. The zero-order chi connectivity index (χ0) is 12.4. The number of ether oxygens (including phenoxy) is 1. The van der Waals surface area contributed by atoms with E-state index in [1.54, 1.807) is 7.11 Å².